The molecule has 0 unspecified atom stereocenters. The molecule has 19 heavy (non-hydrogen) atoms. The van der Waals surface area contributed by atoms with E-state index in [1.807, 2.05) is 0 Å². The number of benzene rings is 1. The predicted octanol–water partition coefficient (Wildman–Crippen LogP) is 3.58. The highest BCUT2D eigenvalue weighted by Crippen LogP contribution is 2.36. The molecule has 2 heterocycles. The fourth-order valence-corrected chi connectivity index (χ4v) is 3.30. The van der Waals surface area contributed by atoms with Crippen molar-refractivity contribution in [3.63, 3.8) is 0 Å². The van der Waals surface area contributed by atoms with Crippen LogP contribution in [0.3, 0.4) is 0 Å². The smallest absolute Gasteiger partial charge is 0.269 e. The summed E-state index contributed by atoms with van der Waals surface area (Å²) in [4.78, 5) is 16.3. The minimum atomic E-state index is -0.334. The van der Waals surface area contributed by atoms with Gasteiger partial charge in [0.1, 0.15) is 11.2 Å². The van der Waals surface area contributed by atoms with Gasteiger partial charge in [-0.15, -0.1) is 11.3 Å². The predicted molar refractivity (Wildman–Crippen MR) is 76.2 cm³/mol. The summed E-state index contributed by atoms with van der Waals surface area (Å²) in [7, 11) is 0. The number of rotatable bonds is 2. The van der Waals surface area contributed by atoms with Crippen LogP contribution in [0.1, 0.15) is 9.67 Å². The van der Waals surface area contributed by atoms with E-state index in [-0.39, 0.29) is 11.9 Å². The molecule has 1 aromatic carbocycles. The van der Waals surface area contributed by atoms with Gasteiger partial charge in [-0.05, 0) is 12.1 Å². The van der Waals surface area contributed by atoms with Crippen LogP contribution in [0.2, 0.25) is 10.0 Å². The van der Waals surface area contributed by atoms with E-state index >= 15 is 0 Å². The van der Waals surface area contributed by atoms with Crippen LogP contribution in [-0.4, -0.2) is 21.1 Å². The maximum absolute atomic E-state index is 12.1. The number of amides is 1. The number of H-pyrrole nitrogens is 1. The van der Waals surface area contributed by atoms with Crippen LogP contribution in [0.5, 0.6) is 0 Å². The molecule has 0 saturated heterocycles. The molecule has 0 spiro atoms. The van der Waals surface area contributed by atoms with Gasteiger partial charge in [-0.2, -0.15) is 10.1 Å². The zero-order chi connectivity index (χ0) is 13.4. The summed E-state index contributed by atoms with van der Waals surface area (Å²) < 4.78 is 0.861. The van der Waals surface area contributed by atoms with Crippen molar-refractivity contribution < 1.29 is 4.79 Å². The van der Waals surface area contributed by atoms with Crippen LogP contribution in [-0.2, 0) is 0 Å². The summed E-state index contributed by atoms with van der Waals surface area (Å²) in [6, 6.07) is 5.31. The van der Waals surface area contributed by atoms with Gasteiger partial charge in [0.2, 0.25) is 5.95 Å². The fraction of sp³-hybridized carbons (Fsp3) is 0. The number of nitrogens with one attached hydrogen (secondary N) is 2. The molecule has 5 nitrogen and oxygen atoms in total. The second-order valence-electron chi connectivity index (χ2n) is 3.67. The van der Waals surface area contributed by atoms with Crippen LogP contribution in [0.4, 0.5) is 5.95 Å². The largest absolute Gasteiger partial charge is 0.290 e. The third-order valence-electron chi connectivity index (χ3n) is 2.44. The van der Waals surface area contributed by atoms with Gasteiger partial charge >= 0.3 is 0 Å². The summed E-state index contributed by atoms with van der Waals surface area (Å²) in [5.74, 6) is -0.0596. The topological polar surface area (TPSA) is 70.7 Å². The zero-order valence-electron chi connectivity index (χ0n) is 9.28. The molecule has 0 saturated carbocycles. The van der Waals surface area contributed by atoms with Gasteiger partial charge in [-0.25, -0.2) is 5.10 Å². The van der Waals surface area contributed by atoms with Crippen LogP contribution in [0, 0.1) is 0 Å². The highest BCUT2D eigenvalue weighted by molar-refractivity contribution is 7.21. The molecule has 0 bridgehead atoms. The lowest BCUT2D eigenvalue weighted by Gasteiger charge is -1.98. The summed E-state index contributed by atoms with van der Waals surface area (Å²) >= 11 is 13.4. The van der Waals surface area contributed by atoms with Gasteiger partial charge in [0.15, 0.2) is 0 Å². The fourth-order valence-electron chi connectivity index (χ4n) is 1.62. The number of hydrogen-bond acceptors (Lipinski definition) is 4. The van der Waals surface area contributed by atoms with Gasteiger partial charge in [-0.3, -0.25) is 10.1 Å². The van der Waals surface area contributed by atoms with Crippen LogP contribution >= 0.6 is 34.5 Å². The van der Waals surface area contributed by atoms with E-state index in [2.05, 4.69) is 20.5 Å². The second-order valence-corrected chi connectivity index (χ2v) is 5.54. The van der Waals surface area contributed by atoms with Crippen molar-refractivity contribution in [1.29, 1.82) is 0 Å². The third-order valence-corrected chi connectivity index (χ3v) is 4.34. The first-order chi connectivity index (χ1) is 9.15. The Bertz CT molecular complexity index is 753. The molecule has 0 aliphatic rings. The molecule has 0 aliphatic carbocycles. The van der Waals surface area contributed by atoms with E-state index in [9.17, 15) is 4.79 Å². The Labute approximate surface area is 121 Å². The number of anilines is 1. The monoisotopic (exact) mass is 312 g/mol. The summed E-state index contributed by atoms with van der Waals surface area (Å²) in [6.45, 7) is 0. The van der Waals surface area contributed by atoms with Crippen molar-refractivity contribution in [2.75, 3.05) is 5.32 Å². The van der Waals surface area contributed by atoms with E-state index in [0.29, 0.717) is 14.9 Å². The summed E-state index contributed by atoms with van der Waals surface area (Å²) in [5, 5.41) is 10.6. The number of nitrogens with zero attached hydrogens (tertiary/aromatic N) is 2. The maximum atomic E-state index is 12.1. The number of halogens is 2. The number of fused-ring (bicyclic) bond motifs is 1. The maximum Gasteiger partial charge on any atom is 0.269 e. The second kappa shape index (κ2) is 4.80. The van der Waals surface area contributed by atoms with Crippen molar-refractivity contribution in [3.8, 4) is 0 Å². The average Bonchev–Trinajstić information content (AvgIpc) is 2.97. The highest BCUT2D eigenvalue weighted by atomic mass is 35.5. The van der Waals surface area contributed by atoms with Gasteiger partial charge in [-0.1, -0.05) is 29.3 Å². The Kier molecular flexibility index (Phi) is 3.14. The van der Waals surface area contributed by atoms with Crippen LogP contribution in [0.15, 0.2) is 24.5 Å². The summed E-state index contributed by atoms with van der Waals surface area (Å²) in [6.07, 6.45) is 1.31. The zero-order valence-corrected chi connectivity index (χ0v) is 11.6. The Morgan fingerprint density at radius 2 is 2.21 bits per heavy atom. The Morgan fingerprint density at radius 1 is 1.37 bits per heavy atom. The first-order valence-corrected chi connectivity index (χ1v) is 6.76. The molecule has 1 amide bonds. The number of thiophene rings is 1. The molecule has 3 rings (SSSR count). The van der Waals surface area contributed by atoms with Crippen molar-refractivity contribution in [2.45, 2.75) is 0 Å². The molecule has 2 N–H and O–H groups in total. The number of carbonyl (C=O) groups is 1. The number of aromatic amines is 1. The van der Waals surface area contributed by atoms with Gasteiger partial charge in [0, 0.05) is 15.1 Å². The number of hydrogen-bond donors (Lipinski definition) is 2. The lowest BCUT2D eigenvalue weighted by atomic mass is 10.2. The molecular formula is C11H6Cl2N4OS. The van der Waals surface area contributed by atoms with Crippen molar-refractivity contribution in [3.05, 3.63) is 39.4 Å². The summed E-state index contributed by atoms with van der Waals surface area (Å²) in [5.41, 5.74) is 0. The van der Waals surface area contributed by atoms with Crippen LogP contribution in [0.25, 0.3) is 10.1 Å². The molecule has 0 fully saturated rings. The van der Waals surface area contributed by atoms with E-state index < -0.39 is 0 Å². The van der Waals surface area contributed by atoms with E-state index in [4.69, 9.17) is 23.2 Å². The molecule has 0 atom stereocenters. The Hall–Kier alpha value is -1.63. The Balaban J connectivity index is 2.00. The highest BCUT2D eigenvalue weighted by Gasteiger charge is 2.18. The lowest BCUT2D eigenvalue weighted by molar-refractivity contribution is 0.103. The van der Waals surface area contributed by atoms with Crippen LogP contribution < -0.4 is 5.32 Å². The minimum absolute atomic E-state index is 0.275. The van der Waals surface area contributed by atoms with Gasteiger partial charge in [0.05, 0.1) is 5.02 Å². The standard InChI is InChI=1S/C11H6Cl2N4OS/c12-5-1-2-6-7(3-5)19-9(8(6)13)10(18)16-11-14-4-15-17-11/h1-4H,(H2,14,15,16,17,18). The Morgan fingerprint density at radius 3 is 2.95 bits per heavy atom. The molecule has 0 radical (unpaired) electrons. The van der Waals surface area contributed by atoms with Crippen molar-refractivity contribution in [2.24, 2.45) is 0 Å². The molecule has 0 aliphatic heterocycles. The first kappa shape index (κ1) is 12.4. The van der Waals surface area contributed by atoms with E-state index in [1.54, 1.807) is 18.2 Å². The van der Waals surface area contributed by atoms with E-state index in [0.717, 1.165) is 10.1 Å². The average molecular weight is 313 g/mol. The molecular weight excluding hydrogens is 307 g/mol. The SMILES string of the molecule is O=C(Nc1ncn[nH]1)c1sc2cc(Cl)ccc2c1Cl. The lowest BCUT2D eigenvalue weighted by Crippen LogP contribution is -2.11. The van der Waals surface area contributed by atoms with E-state index in [1.165, 1.54) is 17.7 Å². The molecule has 96 valence electrons. The first-order valence-electron chi connectivity index (χ1n) is 5.19. The normalized spacial score (nSPS) is 10.8. The third kappa shape index (κ3) is 2.30. The minimum Gasteiger partial charge on any atom is -0.290 e. The molecule has 3 aromatic rings. The van der Waals surface area contributed by atoms with Crippen molar-refractivity contribution >= 4 is 56.5 Å². The molecule has 8 heteroatoms. The van der Waals surface area contributed by atoms with Gasteiger partial charge < -0.3 is 0 Å². The number of aromatic nitrogens is 3. The van der Waals surface area contributed by atoms with Crippen molar-refractivity contribution in [1.82, 2.24) is 15.2 Å². The quantitative estimate of drug-likeness (QED) is 0.759. The van der Waals surface area contributed by atoms with Gasteiger partial charge in [0.25, 0.3) is 5.91 Å². The molecule has 2 aromatic heterocycles. The number of carbonyl (C=O) groups excluding carboxylic acids is 1.